The van der Waals surface area contributed by atoms with Crippen LogP contribution in [0, 0.1) is 0 Å². The molecule has 6 aromatic rings. The van der Waals surface area contributed by atoms with Gasteiger partial charge >= 0.3 is 5.97 Å². The molecule has 10 nitrogen and oxygen atoms in total. The van der Waals surface area contributed by atoms with Crippen molar-refractivity contribution >= 4 is 51.1 Å². The van der Waals surface area contributed by atoms with Gasteiger partial charge < -0.3 is 19.4 Å². The number of pyridine rings is 1. The molecule has 2 aromatic carbocycles. The van der Waals surface area contributed by atoms with Crippen LogP contribution in [0.4, 0.5) is 0 Å². The highest BCUT2D eigenvalue weighted by molar-refractivity contribution is 7.98. The summed E-state index contributed by atoms with van der Waals surface area (Å²) >= 11 is 8.89. The van der Waals surface area contributed by atoms with E-state index in [1.54, 1.807) is 18.0 Å². The molecule has 12 heteroatoms. The van der Waals surface area contributed by atoms with Crippen molar-refractivity contribution < 1.29 is 14.3 Å². The average Bonchev–Trinajstić information content (AvgIpc) is 3.75. The van der Waals surface area contributed by atoms with Crippen LogP contribution in [-0.4, -0.2) is 48.8 Å². The quantitative estimate of drug-likeness (QED) is 0.184. The van der Waals surface area contributed by atoms with E-state index >= 15 is 0 Å². The van der Waals surface area contributed by atoms with Gasteiger partial charge in [0.15, 0.2) is 0 Å². The molecule has 1 N–H and O–H groups in total. The fraction of sp³-hybridized carbons (Fsp3) is 0.351. The maximum absolute atomic E-state index is 13.4. The monoisotopic (exact) mass is 695 g/mol. The summed E-state index contributed by atoms with van der Waals surface area (Å²) in [6, 6.07) is 14.4. The SMILES string of the molecule is COC(=O)c1c2c3ccc(Cl)c(c3n1C)-c1c(nn3c1CCCC3)CNCc1cc(n(C)n1)CSc1cc(c3ncccc3c1)OCCC2. The summed E-state index contributed by atoms with van der Waals surface area (Å²) in [6.45, 7) is 2.47. The van der Waals surface area contributed by atoms with E-state index in [-0.39, 0.29) is 5.97 Å². The van der Waals surface area contributed by atoms with Crippen LogP contribution >= 0.6 is 23.4 Å². The van der Waals surface area contributed by atoms with Crippen LogP contribution in [0.15, 0.2) is 53.6 Å². The molecule has 252 valence electrons. The van der Waals surface area contributed by atoms with E-state index in [0.717, 1.165) is 97.8 Å². The molecule has 0 fully saturated rings. The number of benzene rings is 2. The predicted molar refractivity (Wildman–Crippen MR) is 192 cm³/mol. The minimum absolute atomic E-state index is 0.375. The first-order valence-corrected chi connectivity index (χ1v) is 18.1. The number of carbonyl (C=O) groups is 1. The summed E-state index contributed by atoms with van der Waals surface area (Å²) in [5.74, 6) is 1.14. The van der Waals surface area contributed by atoms with Gasteiger partial charge in [0.25, 0.3) is 0 Å². The van der Waals surface area contributed by atoms with E-state index in [1.807, 2.05) is 41.5 Å². The largest absolute Gasteiger partial charge is 0.491 e. The summed E-state index contributed by atoms with van der Waals surface area (Å²) in [5, 5.41) is 16.2. The number of rotatable bonds is 1. The van der Waals surface area contributed by atoms with Gasteiger partial charge in [-0.25, -0.2) is 4.79 Å². The Hall–Kier alpha value is -4.32. The second-order valence-electron chi connectivity index (χ2n) is 12.7. The number of aromatic nitrogens is 6. The molecule has 2 aliphatic rings. The van der Waals surface area contributed by atoms with Gasteiger partial charge in [-0.05, 0) is 68.0 Å². The smallest absolute Gasteiger partial charge is 0.354 e. The molecular weight excluding hydrogens is 658 g/mol. The summed E-state index contributed by atoms with van der Waals surface area (Å²) in [5.41, 5.74) is 9.39. The zero-order valence-electron chi connectivity index (χ0n) is 27.9. The minimum atomic E-state index is -0.375. The van der Waals surface area contributed by atoms with Gasteiger partial charge in [0.1, 0.15) is 17.0 Å². The number of ether oxygens (including phenoxy) is 2. The van der Waals surface area contributed by atoms with Crippen molar-refractivity contribution in [1.82, 2.24) is 34.4 Å². The van der Waals surface area contributed by atoms with Crippen molar-refractivity contribution in [2.45, 2.75) is 62.4 Å². The Morgan fingerprint density at radius 3 is 2.82 bits per heavy atom. The molecule has 0 radical (unpaired) electrons. The number of nitrogens with one attached hydrogen (secondary N) is 1. The molecule has 4 aromatic heterocycles. The number of fused-ring (bicyclic) bond motifs is 10. The number of methoxy groups -OCH3 is 1. The standard InChI is InChI=1S/C37H38ClN7O3S/c1-43-35-27-11-12-28(38)32(35)33-29(42-45-14-5-4-10-30(33)45)20-39-19-23-17-24(44(2)41-23)21-49-25-16-22-8-6-13-40-34(22)31(18-25)48-15-7-9-26(27)36(43)37(46)47-3/h6,8,11-13,16-18,39H,4-5,7,9-10,14-15,19-21H2,1-3H3. The first kappa shape index (κ1) is 31.9. The van der Waals surface area contributed by atoms with E-state index in [4.69, 9.17) is 31.3 Å². The van der Waals surface area contributed by atoms with Crippen LogP contribution in [0.5, 0.6) is 5.75 Å². The zero-order valence-corrected chi connectivity index (χ0v) is 29.5. The number of hydrogen-bond acceptors (Lipinski definition) is 8. The first-order valence-electron chi connectivity index (χ1n) is 16.7. The van der Waals surface area contributed by atoms with Crippen LogP contribution < -0.4 is 10.1 Å². The Morgan fingerprint density at radius 2 is 1.94 bits per heavy atom. The van der Waals surface area contributed by atoms with Crippen molar-refractivity contribution in [3.8, 4) is 16.9 Å². The number of aryl methyl sites for hydroxylation is 4. The van der Waals surface area contributed by atoms with Gasteiger partial charge in [-0.3, -0.25) is 14.3 Å². The van der Waals surface area contributed by atoms with Gasteiger partial charge in [0, 0.05) is 83.9 Å². The van der Waals surface area contributed by atoms with Crippen LogP contribution in [0.25, 0.3) is 32.9 Å². The van der Waals surface area contributed by atoms with Gasteiger partial charge in [-0.1, -0.05) is 23.7 Å². The summed E-state index contributed by atoms with van der Waals surface area (Å²) < 4.78 is 17.9. The van der Waals surface area contributed by atoms with Crippen LogP contribution in [0.2, 0.25) is 5.02 Å². The maximum Gasteiger partial charge on any atom is 0.354 e. The van der Waals surface area contributed by atoms with Gasteiger partial charge in [0.05, 0.1) is 35.6 Å². The number of halogens is 1. The maximum atomic E-state index is 13.4. The van der Waals surface area contributed by atoms with Crippen LogP contribution in [0.3, 0.4) is 0 Å². The molecule has 0 aliphatic carbocycles. The van der Waals surface area contributed by atoms with Crippen molar-refractivity contribution in [2.75, 3.05) is 13.7 Å². The Kier molecular flexibility index (Phi) is 8.59. The van der Waals surface area contributed by atoms with Gasteiger partial charge in [-0.15, -0.1) is 11.8 Å². The third-order valence-electron chi connectivity index (χ3n) is 9.69. The number of nitrogens with zero attached hydrogens (tertiary/aromatic N) is 6. The van der Waals surface area contributed by atoms with E-state index in [0.29, 0.717) is 43.3 Å². The molecule has 0 unspecified atom stereocenters. The van der Waals surface area contributed by atoms with Crippen LogP contribution in [0.1, 0.15) is 58.1 Å². The lowest BCUT2D eigenvalue weighted by Crippen LogP contribution is -2.15. The van der Waals surface area contributed by atoms with Gasteiger partial charge in [-0.2, -0.15) is 10.2 Å². The second-order valence-corrected chi connectivity index (χ2v) is 14.2. The highest BCUT2D eigenvalue weighted by Crippen LogP contribution is 2.43. The summed E-state index contributed by atoms with van der Waals surface area (Å²) in [4.78, 5) is 19.2. The Bertz CT molecular complexity index is 2240. The first-order chi connectivity index (χ1) is 23.9. The van der Waals surface area contributed by atoms with Gasteiger partial charge in [0.2, 0.25) is 0 Å². The van der Waals surface area contributed by atoms with Crippen molar-refractivity contribution in [3.05, 3.63) is 87.7 Å². The average molecular weight is 696 g/mol. The molecule has 8 bridgehead atoms. The zero-order chi connectivity index (χ0) is 33.6. The molecule has 8 rings (SSSR count). The van der Waals surface area contributed by atoms with E-state index < -0.39 is 0 Å². The Balaban J connectivity index is 1.27. The lowest BCUT2D eigenvalue weighted by Gasteiger charge is -2.16. The van der Waals surface area contributed by atoms with E-state index in [2.05, 4.69) is 39.2 Å². The van der Waals surface area contributed by atoms with Crippen molar-refractivity contribution in [3.63, 3.8) is 0 Å². The van der Waals surface area contributed by atoms with E-state index in [1.165, 1.54) is 12.8 Å². The molecule has 0 saturated heterocycles. The molecule has 0 saturated carbocycles. The lowest BCUT2D eigenvalue weighted by atomic mass is 9.95. The molecule has 2 aliphatic heterocycles. The number of hydrogen-bond donors (Lipinski definition) is 1. The van der Waals surface area contributed by atoms with Crippen LogP contribution in [-0.2, 0) is 57.1 Å². The fourth-order valence-electron chi connectivity index (χ4n) is 7.42. The minimum Gasteiger partial charge on any atom is -0.491 e. The van der Waals surface area contributed by atoms with E-state index in [9.17, 15) is 4.79 Å². The molecule has 49 heavy (non-hydrogen) atoms. The Morgan fingerprint density at radius 1 is 1.04 bits per heavy atom. The molecular formula is C37H38ClN7O3S. The van der Waals surface area contributed by atoms with Crippen molar-refractivity contribution in [1.29, 1.82) is 0 Å². The second kappa shape index (κ2) is 13.2. The number of thioether (sulfide) groups is 1. The third-order valence-corrected chi connectivity index (χ3v) is 11.0. The predicted octanol–water partition coefficient (Wildman–Crippen LogP) is 7.01. The molecule has 0 spiro atoms. The van der Waals surface area contributed by atoms with Crippen molar-refractivity contribution in [2.24, 2.45) is 14.1 Å². The summed E-state index contributed by atoms with van der Waals surface area (Å²) in [7, 11) is 5.36. The summed E-state index contributed by atoms with van der Waals surface area (Å²) in [6.07, 6.45) is 6.19. The highest BCUT2D eigenvalue weighted by Gasteiger charge is 2.29. The molecule has 0 atom stereocenters. The third kappa shape index (κ3) is 5.77. The lowest BCUT2D eigenvalue weighted by molar-refractivity contribution is 0.0589. The molecule has 6 heterocycles. The highest BCUT2D eigenvalue weighted by atomic mass is 35.5. The molecule has 0 amide bonds. The number of esters is 1. The topological polar surface area (TPSA) is 101 Å². The normalized spacial score (nSPS) is 15.4. The fourth-order valence-corrected chi connectivity index (χ4v) is 8.65. The number of carbonyl (C=O) groups excluding carboxylic acids is 1. The Labute approximate surface area is 293 Å².